The van der Waals surface area contributed by atoms with Crippen LogP contribution < -0.4 is 0 Å². The van der Waals surface area contributed by atoms with E-state index in [0.29, 0.717) is 6.42 Å². The zero-order chi connectivity index (χ0) is 25.7. The van der Waals surface area contributed by atoms with Crippen LogP contribution in [-0.2, 0) is 25.0 Å². The Morgan fingerprint density at radius 3 is 1.91 bits per heavy atom. The Bertz CT molecular complexity index is 904. The molecule has 34 heavy (non-hydrogen) atoms. The Balaban J connectivity index is 1.86. The van der Waals surface area contributed by atoms with Gasteiger partial charge in [-0.25, -0.2) is 9.69 Å². The molecule has 0 radical (unpaired) electrons. The van der Waals surface area contributed by atoms with Gasteiger partial charge in [0.15, 0.2) is 16.6 Å². The van der Waals surface area contributed by atoms with E-state index in [4.69, 9.17) is 13.6 Å². The Hall–Kier alpha value is -1.49. The first kappa shape index (κ1) is 27.1. The second-order valence-corrected chi connectivity index (χ2v) is 22.4. The third kappa shape index (κ3) is 5.20. The fraction of sp³-hybridized carbons (Fsp3) is 0.692. The van der Waals surface area contributed by atoms with E-state index in [9.17, 15) is 9.59 Å². The number of fused-ring (bicyclic) bond motifs is 2. The highest BCUT2D eigenvalue weighted by molar-refractivity contribution is 6.74. The lowest BCUT2D eigenvalue weighted by atomic mass is 10.0. The first-order valence-electron chi connectivity index (χ1n) is 12.4. The molecule has 190 valence electrons. The fourth-order valence-corrected chi connectivity index (χ4v) is 6.81. The van der Waals surface area contributed by atoms with Gasteiger partial charge in [0.2, 0.25) is 5.91 Å². The van der Waals surface area contributed by atoms with Crippen molar-refractivity contribution in [2.75, 3.05) is 0 Å². The molecular formula is C26H43NO5Si2. The lowest BCUT2D eigenvalue weighted by molar-refractivity contribution is -0.141. The summed E-state index contributed by atoms with van der Waals surface area (Å²) in [4.78, 5) is 27.8. The normalized spacial score (nSPS) is 25.7. The summed E-state index contributed by atoms with van der Waals surface area (Å²) in [7, 11) is -4.34. The predicted molar refractivity (Wildman–Crippen MR) is 140 cm³/mol. The molecule has 1 saturated carbocycles. The van der Waals surface area contributed by atoms with Crippen LogP contribution in [0.4, 0.5) is 4.79 Å². The van der Waals surface area contributed by atoms with Crippen LogP contribution in [0.3, 0.4) is 0 Å². The number of rotatable bonds is 6. The molecule has 1 heterocycles. The van der Waals surface area contributed by atoms with E-state index >= 15 is 0 Å². The van der Waals surface area contributed by atoms with Gasteiger partial charge in [-0.3, -0.25) is 4.79 Å². The molecule has 2 aliphatic rings. The van der Waals surface area contributed by atoms with Crippen molar-refractivity contribution in [2.45, 2.75) is 109 Å². The standard InChI is InChI=1S/C26H43NO5Si2/c1-25(2,3)33(7,8)31-21-19-16-20(22(21)32-34(9,10)26(4,5)6)27(23(19)28)24(29)30-17-18-14-12-11-13-15-18/h11-15,19-22H,16-17H2,1-10H3/t19-,20+,21?,22?/m0/s1. The Labute approximate surface area is 207 Å². The quantitative estimate of drug-likeness (QED) is 0.422. The summed E-state index contributed by atoms with van der Waals surface area (Å²) in [5.41, 5.74) is 0.890. The second kappa shape index (κ2) is 9.19. The van der Waals surface area contributed by atoms with Gasteiger partial charge in [-0.2, -0.15) is 0 Å². The maximum absolute atomic E-state index is 13.4. The molecule has 2 amide bonds. The van der Waals surface area contributed by atoms with E-state index in [1.54, 1.807) is 0 Å². The predicted octanol–water partition coefficient (Wildman–Crippen LogP) is 6.33. The lowest BCUT2D eigenvalue weighted by Gasteiger charge is -2.47. The average molecular weight is 506 g/mol. The minimum Gasteiger partial charge on any atom is -0.444 e. The maximum atomic E-state index is 13.4. The third-order valence-corrected chi connectivity index (χ3v) is 17.3. The minimum absolute atomic E-state index is 0.000978. The topological polar surface area (TPSA) is 65.1 Å². The van der Waals surface area contributed by atoms with Gasteiger partial charge >= 0.3 is 6.09 Å². The molecule has 0 spiro atoms. The smallest absolute Gasteiger partial charge is 0.417 e. The van der Waals surface area contributed by atoms with Crippen molar-refractivity contribution in [3.8, 4) is 0 Å². The number of imide groups is 1. The monoisotopic (exact) mass is 505 g/mol. The van der Waals surface area contributed by atoms with Gasteiger partial charge in [0.05, 0.1) is 24.2 Å². The van der Waals surface area contributed by atoms with Gasteiger partial charge in [-0.1, -0.05) is 71.9 Å². The van der Waals surface area contributed by atoms with Gasteiger partial charge in [0, 0.05) is 0 Å². The van der Waals surface area contributed by atoms with Crippen LogP contribution in [0.25, 0.3) is 0 Å². The molecule has 2 bridgehead atoms. The van der Waals surface area contributed by atoms with Crippen LogP contribution >= 0.6 is 0 Å². The number of carbonyl (C=O) groups is 2. The number of piperidine rings is 1. The number of ether oxygens (including phenoxy) is 1. The summed E-state index contributed by atoms with van der Waals surface area (Å²) in [6.07, 6.45) is -0.679. The molecule has 6 nitrogen and oxygen atoms in total. The molecule has 2 fully saturated rings. The molecule has 0 aromatic heterocycles. The lowest BCUT2D eigenvalue weighted by Crippen LogP contribution is -2.61. The summed E-state index contributed by atoms with van der Waals surface area (Å²) in [5.74, 6) is -0.569. The number of nitrogens with zero attached hydrogens (tertiary/aromatic N) is 1. The van der Waals surface area contributed by atoms with Crippen LogP contribution in [-0.4, -0.2) is 51.8 Å². The van der Waals surface area contributed by atoms with Crippen molar-refractivity contribution in [1.29, 1.82) is 0 Å². The number of benzene rings is 1. The van der Waals surface area contributed by atoms with Gasteiger partial charge in [0.25, 0.3) is 0 Å². The van der Waals surface area contributed by atoms with Crippen molar-refractivity contribution in [3.05, 3.63) is 35.9 Å². The molecule has 0 N–H and O–H groups in total. The number of amides is 2. The summed E-state index contributed by atoms with van der Waals surface area (Å²) in [6.45, 7) is 22.2. The zero-order valence-electron chi connectivity index (χ0n) is 22.6. The van der Waals surface area contributed by atoms with E-state index in [0.717, 1.165) is 5.56 Å². The van der Waals surface area contributed by atoms with Crippen molar-refractivity contribution < 1.29 is 23.2 Å². The SMILES string of the molecule is CC(C)(C)[Si](C)(C)OC1C(O[Si](C)(C)C(C)(C)C)[C@H]2C[C@@H]1C(=O)N2C(=O)OCc1ccccc1. The van der Waals surface area contributed by atoms with E-state index in [-0.39, 0.29) is 46.8 Å². The molecule has 1 aliphatic carbocycles. The van der Waals surface area contributed by atoms with Gasteiger partial charge < -0.3 is 13.6 Å². The highest BCUT2D eigenvalue weighted by atomic mass is 28.4. The Morgan fingerprint density at radius 2 is 1.41 bits per heavy atom. The summed E-state index contributed by atoms with van der Waals surface area (Å²) in [5, 5.41) is 0.00667. The van der Waals surface area contributed by atoms with Crippen LogP contribution in [0, 0.1) is 5.92 Å². The number of carbonyl (C=O) groups excluding carboxylic acids is 2. The zero-order valence-corrected chi connectivity index (χ0v) is 24.6. The summed E-state index contributed by atoms with van der Waals surface area (Å²) in [6, 6.07) is 9.16. The van der Waals surface area contributed by atoms with Crippen molar-refractivity contribution in [3.63, 3.8) is 0 Å². The first-order valence-corrected chi connectivity index (χ1v) is 18.2. The molecule has 4 atom stereocenters. The van der Waals surface area contributed by atoms with E-state index in [1.165, 1.54) is 4.90 Å². The maximum Gasteiger partial charge on any atom is 0.417 e. The fourth-order valence-electron chi connectivity index (χ4n) is 4.16. The van der Waals surface area contributed by atoms with Crippen LogP contribution in [0.5, 0.6) is 0 Å². The third-order valence-electron chi connectivity index (χ3n) is 8.36. The largest absolute Gasteiger partial charge is 0.444 e. The highest BCUT2D eigenvalue weighted by Gasteiger charge is 2.63. The number of hydrogen-bond acceptors (Lipinski definition) is 5. The number of likely N-dealkylation sites (tertiary alicyclic amines) is 1. The minimum atomic E-state index is -2.18. The van der Waals surface area contributed by atoms with Gasteiger partial charge in [0.1, 0.15) is 6.61 Å². The van der Waals surface area contributed by atoms with Crippen molar-refractivity contribution >= 4 is 28.6 Å². The highest BCUT2D eigenvalue weighted by Crippen LogP contribution is 2.49. The van der Waals surface area contributed by atoms with E-state index in [2.05, 4.69) is 67.7 Å². The Kier molecular flexibility index (Phi) is 7.32. The molecule has 8 heteroatoms. The first-order chi connectivity index (χ1) is 15.5. The van der Waals surface area contributed by atoms with Crippen molar-refractivity contribution in [2.24, 2.45) is 5.92 Å². The Morgan fingerprint density at radius 1 is 0.912 bits per heavy atom. The molecule has 3 rings (SSSR count). The molecule has 2 unspecified atom stereocenters. The van der Waals surface area contributed by atoms with Crippen LogP contribution in [0.2, 0.25) is 36.3 Å². The van der Waals surface area contributed by atoms with Gasteiger partial charge in [-0.05, 0) is 48.2 Å². The summed E-state index contributed by atoms with van der Waals surface area (Å²) >= 11 is 0. The van der Waals surface area contributed by atoms with Crippen molar-refractivity contribution in [1.82, 2.24) is 4.90 Å². The molecular weight excluding hydrogens is 462 g/mol. The van der Waals surface area contributed by atoms with Crippen LogP contribution in [0.1, 0.15) is 53.5 Å². The summed E-state index contributed by atoms with van der Waals surface area (Å²) < 4.78 is 19.3. The molecule has 1 aromatic carbocycles. The van der Waals surface area contributed by atoms with Gasteiger partial charge in [-0.15, -0.1) is 0 Å². The van der Waals surface area contributed by atoms with E-state index < -0.39 is 22.7 Å². The molecule has 1 aromatic rings. The van der Waals surface area contributed by atoms with Crippen LogP contribution in [0.15, 0.2) is 30.3 Å². The van der Waals surface area contributed by atoms with E-state index in [1.807, 2.05) is 30.3 Å². The number of hydrogen-bond donors (Lipinski definition) is 0. The average Bonchev–Trinajstić information content (AvgIpc) is 3.20. The molecule has 1 aliphatic heterocycles. The second-order valence-electron chi connectivity index (χ2n) is 12.8. The molecule has 1 saturated heterocycles.